The van der Waals surface area contributed by atoms with Crippen molar-refractivity contribution in [2.45, 2.75) is 161 Å². The van der Waals surface area contributed by atoms with E-state index in [-0.39, 0.29) is 29.4 Å². The summed E-state index contributed by atoms with van der Waals surface area (Å²) in [6.07, 6.45) is 10.5. The summed E-state index contributed by atoms with van der Waals surface area (Å²) < 4.78 is 19.0. The van der Waals surface area contributed by atoms with Gasteiger partial charge in [0, 0.05) is 11.1 Å². The molecule has 3 atom stereocenters. The molecule has 0 aromatic rings. The zero-order chi connectivity index (χ0) is 22.5. The molecule has 5 heteroatoms. The Bertz CT molecular complexity index is 483. The lowest BCUT2D eigenvalue weighted by Crippen LogP contribution is -2.60. The molecular formula is C25H48NO4. The first-order valence-corrected chi connectivity index (χ1v) is 12.4. The minimum Gasteiger partial charge on any atom is -0.375 e. The third-order valence-corrected chi connectivity index (χ3v) is 7.03. The first-order chi connectivity index (χ1) is 14.0. The second-order valence-corrected chi connectivity index (χ2v) is 11.1. The molecule has 3 unspecified atom stereocenters. The average Bonchev–Trinajstić information content (AvgIpc) is 2.66. The highest BCUT2D eigenvalue weighted by Gasteiger charge is 2.47. The Morgan fingerprint density at radius 1 is 0.767 bits per heavy atom. The average molecular weight is 427 g/mol. The van der Waals surface area contributed by atoms with Crippen LogP contribution in [0.3, 0.4) is 0 Å². The molecule has 2 aliphatic rings. The maximum absolute atomic E-state index is 12.6. The van der Waals surface area contributed by atoms with E-state index in [1.54, 1.807) is 0 Å². The van der Waals surface area contributed by atoms with Gasteiger partial charge in [-0.05, 0) is 99.3 Å². The Morgan fingerprint density at radius 2 is 1.23 bits per heavy atom. The molecule has 1 heterocycles. The quantitative estimate of drug-likeness (QED) is 0.425. The fraction of sp³-hybridized carbons (Fsp3) is 1.00. The lowest BCUT2D eigenvalue weighted by Gasteiger charge is -2.50. The number of piperidine rings is 1. The van der Waals surface area contributed by atoms with E-state index in [0.717, 1.165) is 57.8 Å². The molecule has 0 aromatic carbocycles. The van der Waals surface area contributed by atoms with Crippen molar-refractivity contribution in [3.05, 3.63) is 0 Å². The van der Waals surface area contributed by atoms with E-state index < -0.39 is 0 Å². The van der Waals surface area contributed by atoms with E-state index in [2.05, 4.69) is 27.7 Å². The van der Waals surface area contributed by atoms with Gasteiger partial charge in [0.05, 0.1) is 36.6 Å². The van der Waals surface area contributed by atoms with Crippen molar-refractivity contribution in [3.63, 3.8) is 0 Å². The number of ether oxygens (including phenoxy) is 3. The van der Waals surface area contributed by atoms with Gasteiger partial charge in [0.2, 0.25) is 0 Å². The summed E-state index contributed by atoms with van der Waals surface area (Å²) in [5.74, 6) is 0. The van der Waals surface area contributed by atoms with Crippen LogP contribution in [-0.2, 0) is 19.4 Å². The van der Waals surface area contributed by atoms with E-state index in [1.807, 2.05) is 27.7 Å². The van der Waals surface area contributed by atoms with Gasteiger partial charge in [0.1, 0.15) is 0 Å². The van der Waals surface area contributed by atoms with Crippen LogP contribution in [0, 0.1) is 0 Å². The Hall–Kier alpha value is -0.200. The maximum Gasteiger partial charge on any atom is 0.0615 e. The molecule has 0 N–H and O–H groups in total. The normalized spacial score (nSPS) is 30.7. The summed E-state index contributed by atoms with van der Waals surface area (Å²) in [5, 5.41) is 13.9. The van der Waals surface area contributed by atoms with Crippen LogP contribution in [-0.4, -0.2) is 52.8 Å². The summed E-state index contributed by atoms with van der Waals surface area (Å²) in [5.41, 5.74) is -0.772. The van der Waals surface area contributed by atoms with Crippen LogP contribution in [0.15, 0.2) is 0 Å². The van der Waals surface area contributed by atoms with Crippen LogP contribution in [0.25, 0.3) is 0 Å². The van der Waals surface area contributed by atoms with E-state index in [9.17, 15) is 5.21 Å². The number of hydroxylamine groups is 2. The lowest BCUT2D eigenvalue weighted by atomic mass is 9.80. The molecule has 2 rings (SSSR count). The van der Waals surface area contributed by atoms with Crippen molar-refractivity contribution in [2.75, 3.05) is 0 Å². The van der Waals surface area contributed by atoms with E-state index in [0.29, 0.717) is 18.3 Å². The monoisotopic (exact) mass is 426 g/mol. The molecule has 1 aliphatic heterocycles. The number of rotatable bonds is 10. The van der Waals surface area contributed by atoms with Crippen LogP contribution in [0.5, 0.6) is 0 Å². The molecule has 1 aliphatic carbocycles. The van der Waals surface area contributed by atoms with Crippen LogP contribution in [0.1, 0.15) is 113 Å². The Kier molecular flexibility index (Phi) is 9.63. The van der Waals surface area contributed by atoms with Crippen molar-refractivity contribution >= 4 is 0 Å². The van der Waals surface area contributed by atoms with Gasteiger partial charge in [-0.15, -0.1) is 10.3 Å². The molecule has 0 amide bonds. The predicted molar refractivity (Wildman–Crippen MR) is 121 cm³/mol. The smallest absolute Gasteiger partial charge is 0.0615 e. The molecular weight excluding hydrogens is 378 g/mol. The van der Waals surface area contributed by atoms with E-state index in [1.165, 1.54) is 5.06 Å². The van der Waals surface area contributed by atoms with Crippen LogP contribution in [0.4, 0.5) is 0 Å². The molecule has 0 spiro atoms. The highest BCUT2D eigenvalue weighted by Crippen LogP contribution is 2.39. The van der Waals surface area contributed by atoms with Crippen LogP contribution < -0.4 is 0 Å². The second-order valence-electron chi connectivity index (χ2n) is 11.1. The number of nitrogens with zero attached hydrogens (tertiary/aromatic N) is 1. The molecule has 2 fully saturated rings. The summed E-state index contributed by atoms with van der Waals surface area (Å²) in [4.78, 5) is 0. The molecule has 0 aromatic heterocycles. The highest BCUT2D eigenvalue weighted by atomic mass is 16.5. The Balaban J connectivity index is 1.78. The number of hydrogen-bond donors (Lipinski definition) is 0. The third kappa shape index (κ3) is 7.44. The molecule has 1 saturated carbocycles. The summed E-state index contributed by atoms with van der Waals surface area (Å²) in [6, 6.07) is 0. The Labute approximate surface area is 185 Å². The van der Waals surface area contributed by atoms with Crippen molar-refractivity contribution in [1.29, 1.82) is 0 Å². The van der Waals surface area contributed by atoms with Gasteiger partial charge in [-0.2, -0.15) is 0 Å². The summed E-state index contributed by atoms with van der Waals surface area (Å²) in [6.45, 7) is 16.8. The van der Waals surface area contributed by atoms with Gasteiger partial charge >= 0.3 is 0 Å². The third-order valence-electron chi connectivity index (χ3n) is 7.03. The zero-order valence-electron chi connectivity index (χ0n) is 20.9. The Morgan fingerprint density at radius 3 is 1.67 bits per heavy atom. The SMILES string of the molecule is CCC(C)OC1CCC(OC(C)CC(CC)OC2CC(C)(C)N([O])C(C)(C)C2)CC1. The topological polar surface area (TPSA) is 50.8 Å². The lowest BCUT2D eigenvalue weighted by molar-refractivity contribution is -0.303. The molecule has 0 bridgehead atoms. The van der Waals surface area contributed by atoms with Gasteiger partial charge in [0.15, 0.2) is 0 Å². The fourth-order valence-electron chi connectivity index (χ4n) is 5.34. The first-order valence-electron chi connectivity index (χ1n) is 12.4. The van der Waals surface area contributed by atoms with Gasteiger partial charge in [0.25, 0.3) is 0 Å². The maximum atomic E-state index is 12.6. The molecule has 1 radical (unpaired) electrons. The molecule has 1 saturated heterocycles. The largest absolute Gasteiger partial charge is 0.375 e. The second kappa shape index (κ2) is 11.1. The van der Waals surface area contributed by atoms with Gasteiger partial charge < -0.3 is 14.2 Å². The first kappa shape index (κ1) is 26.1. The van der Waals surface area contributed by atoms with Crippen molar-refractivity contribution in [1.82, 2.24) is 5.06 Å². The summed E-state index contributed by atoms with van der Waals surface area (Å²) >= 11 is 0. The molecule has 5 nitrogen and oxygen atoms in total. The standard InChI is InChI=1S/C25H48NO4/c1-9-18(3)28-21-11-13-22(14-12-21)29-19(4)15-20(10-2)30-23-16-24(5,6)26(27)25(7,8)17-23/h18-23H,9-17H2,1-8H3. The van der Waals surface area contributed by atoms with Crippen LogP contribution >= 0.6 is 0 Å². The summed E-state index contributed by atoms with van der Waals surface area (Å²) in [7, 11) is 0. The molecule has 177 valence electrons. The molecule has 30 heavy (non-hydrogen) atoms. The van der Waals surface area contributed by atoms with Crippen molar-refractivity contribution in [2.24, 2.45) is 0 Å². The minimum absolute atomic E-state index is 0.130. The predicted octanol–water partition coefficient (Wildman–Crippen LogP) is 6.07. The van der Waals surface area contributed by atoms with Gasteiger partial charge in [-0.25, -0.2) is 0 Å². The van der Waals surface area contributed by atoms with Crippen LogP contribution in [0.2, 0.25) is 0 Å². The number of hydrogen-bond acceptors (Lipinski definition) is 4. The van der Waals surface area contributed by atoms with Crippen molar-refractivity contribution < 1.29 is 19.4 Å². The highest BCUT2D eigenvalue weighted by molar-refractivity contribution is 4.97. The van der Waals surface area contributed by atoms with E-state index >= 15 is 0 Å². The van der Waals surface area contributed by atoms with Gasteiger partial charge in [-0.1, -0.05) is 13.8 Å². The minimum atomic E-state index is -0.386. The van der Waals surface area contributed by atoms with Crippen molar-refractivity contribution in [3.8, 4) is 0 Å². The van der Waals surface area contributed by atoms with E-state index in [4.69, 9.17) is 14.2 Å². The zero-order valence-corrected chi connectivity index (χ0v) is 20.9. The fourth-order valence-corrected chi connectivity index (χ4v) is 5.34. The van der Waals surface area contributed by atoms with Gasteiger partial charge in [-0.3, -0.25) is 0 Å².